The summed E-state index contributed by atoms with van der Waals surface area (Å²) in [5.41, 5.74) is 1.06. The predicted octanol–water partition coefficient (Wildman–Crippen LogP) is 3.10. The molecule has 0 aliphatic carbocycles. The van der Waals surface area contributed by atoms with E-state index in [1.165, 1.54) is 12.1 Å². The number of methoxy groups -OCH3 is 1. The van der Waals surface area contributed by atoms with E-state index < -0.39 is 0 Å². The van der Waals surface area contributed by atoms with E-state index in [9.17, 15) is 14.0 Å². The fraction of sp³-hybridized carbons (Fsp3) is 0.333. The van der Waals surface area contributed by atoms with Gasteiger partial charge in [0.05, 0.1) is 7.11 Å². The van der Waals surface area contributed by atoms with Gasteiger partial charge in [-0.1, -0.05) is 6.07 Å². The summed E-state index contributed by atoms with van der Waals surface area (Å²) in [6.07, 6.45) is 1.19. The minimum absolute atomic E-state index is 0.0253. The lowest BCUT2D eigenvalue weighted by molar-refractivity contribution is -0.117. The molecule has 2 fully saturated rings. The van der Waals surface area contributed by atoms with Crippen molar-refractivity contribution < 1.29 is 18.7 Å². The molecule has 0 aromatic heterocycles. The summed E-state index contributed by atoms with van der Waals surface area (Å²) in [5, 5.41) is 0. The number of amides is 2. The first-order chi connectivity index (χ1) is 13.0. The summed E-state index contributed by atoms with van der Waals surface area (Å²) in [4.78, 5) is 28.9. The zero-order valence-corrected chi connectivity index (χ0v) is 15.2. The van der Waals surface area contributed by atoms with Gasteiger partial charge in [-0.25, -0.2) is 4.39 Å². The first-order valence-electron chi connectivity index (χ1n) is 8.99. The largest absolute Gasteiger partial charge is 0.497 e. The van der Waals surface area contributed by atoms with Gasteiger partial charge in [-0.2, -0.15) is 0 Å². The van der Waals surface area contributed by atoms with E-state index in [-0.39, 0.29) is 23.0 Å². The minimum Gasteiger partial charge on any atom is -0.497 e. The zero-order chi connectivity index (χ0) is 19.0. The average Bonchev–Trinajstić information content (AvgIpc) is 3.24. The summed E-state index contributed by atoms with van der Waals surface area (Å²) in [6, 6.07) is 13.1. The third-order valence-electron chi connectivity index (χ3n) is 5.50. The Labute approximate surface area is 157 Å². The maximum absolute atomic E-state index is 13.2. The van der Waals surface area contributed by atoms with Crippen LogP contribution in [0.2, 0.25) is 0 Å². The molecule has 0 unspecified atom stereocenters. The van der Waals surface area contributed by atoms with Crippen molar-refractivity contribution in [3.05, 3.63) is 59.9 Å². The molecule has 1 atom stereocenters. The van der Waals surface area contributed by atoms with Gasteiger partial charge in [0.1, 0.15) is 11.6 Å². The standard InChI is InChI=1S/C21H21FN2O3/c1-27-18-4-2-3-15(11-18)20(26)23-10-9-21(13-23)12-19(25)24(14-21)17-7-5-16(22)6-8-17/h2-8,11H,9-10,12-14H2,1H3/t21-/m0/s1. The average molecular weight is 368 g/mol. The number of nitrogens with zero attached hydrogens (tertiary/aromatic N) is 2. The molecule has 0 radical (unpaired) electrons. The quantitative estimate of drug-likeness (QED) is 0.837. The first-order valence-corrected chi connectivity index (χ1v) is 8.99. The lowest BCUT2D eigenvalue weighted by Crippen LogP contribution is -2.34. The van der Waals surface area contributed by atoms with Crippen LogP contribution in [0.15, 0.2) is 48.5 Å². The lowest BCUT2D eigenvalue weighted by atomic mass is 9.86. The van der Waals surface area contributed by atoms with E-state index in [0.29, 0.717) is 43.1 Å². The molecule has 140 valence electrons. The van der Waals surface area contributed by atoms with Gasteiger partial charge in [-0.3, -0.25) is 9.59 Å². The molecule has 5 nitrogen and oxygen atoms in total. The molecule has 2 aromatic carbocycles. The van der Waals surface area contributed by atoms with Crippen LogP contribution in [-0.4, -0.2) is 43.5 Å². The van der Waals surface area contributed by atoms with Crippen molar-refractivity contribution in [2.45, 2.75) is 12.8 Å². The highest BCUT2D eigenvalue weighted by molar-refractivity contribution is 5.97. The van der Waals surface area contributed by atoms with Gasteiger partial charge < -0.3 is 14.5 Å². The summed E-state index contributed by atoms with van der Waals surface area (Å²) in [6.45, 7) is 1.73. The van der Waals surface area contributed by atoms with Crippen LogP contribution in [0.5, 0.6) is 5.75 Å². The number of carbonyl (C=O) groups excluding carboxylic acids is 2. The van der Waals surface area contributed by atoms with Crippen molar-refractivity contribution in [3.8, 4) is 5.75 Å². The summed E-state index contributed by atoms with van der Waals surface area (Å²) in [7, 11) is 1.57. The Bertz CT molecular complexity index is 883. The SMILES string of the molecule is COc1cccc(C(=O)N2CC[C@]3(CC(=O)N(c4ccc(F)cc4)C3)C2)c1. The molecule has 2 aromatic rings. The van der Waals surface area contributed by atoms with Crippen LogP contribution in [0.4, 0.5) is 10.1 Å². The van der Waals surface area contributed by atoms with Crippen LogP contribution in [0.25, 0.3) is 0 Å². The molecule has 2 aliphatic heterocycles. The Kier molecular flexibility index (Phi) is 4.34. The van der Waals surface area contributed by atoms with Gasteiger partial charge in [-0.15, -0.1) is 0 Å². The van der Waals surface area contributed by atoms with E-state index in [2.05, 4.69) is 0 Å². The van der Waals surface area contributed by atoms with Gasteiger partial charge in [0.25, 0.3) is 5.91 Å². The molecule has 1 spiro atoms. The fourth-order valence-electron chi connectivity index (χ4n) is 4.07. The molecular weight excluding hydrogens is 347 g/mol. The van der Waals surface area contributed by atoms with Gasteiger partial charge in [0.2, 0.25) is 5.91 Å². The van der Waals surface area contributed by atoms with Crippen LogP contribution >= 0.6 is 0 Å². The highest BCUT2D eigenvalue weighted by Crippen LogP contribution is 2.42. The molecule has 27 heavy (non-hydrogen) atoms. The smallest absolute Gasteiger partial charge is 0.254 e. The highest BCUT2D eigenvalue weighted by Gasteiger charge is 2.48. The summed E-state index contributed by atoms with van der Waals surface area (Å²) < 4.78 is 18.4. The molecule has 6 heteroatoms. The zero-order valence-electron chi connectivity index (χ0n) is 15.2. The summed E-state index contributed by atoms with van der Waals surface area (Å²) in [5.74, 6) is 0.306. The van der Waals surface area contributed by atoms with Crippen molar-refractivity contribution >= 4 is 17.5 Å². The van der Waals surface area contributed by atoms with Gasteiger partial charge in [-0.05, 0) is 48.9 Å². The Morgan fingerprint density at radius 3 is 2.67 bits per heavy atom. The number of likely N-dealkylation sites (tertiary alicyclic amines) is 1. The predicted molar refractivity (Wildman–Crippen MR) is 99.3 cm³/mol. The van der Waals surface area contributed by atoms with Crippen molar-refractivity contribution in [2.24, 2.45) is 5.41 Å². The second-order valence-electron chi connectivity index (χ2n) is 7.34. The lowest BCUT2D eigenvalue weighted by Gasteiger charge is -2.24. The molecule has 2 aliphatic rings. The number of rotatable bonds is 3. The van der Waals surface area contributed by atoms with Gasteiger partial charge >= 0.3 is 0 Å². The van der Waals surface area contributed by atoms with Gasteiger partial charge in [0.15, 0.2) is 0 Å². The van der Waals surface area contributed by atoms with E-state index in [0.717, 1.165) is 6.42 Å². The van der Waals surface area contributed by atoms with Crippen LogP contribution in [0.3, 0.4) is 0 Å². The fourth-order valence-corrected chi connectivity index (χ4v) is 4.07. The molecule has 0 bridgehead atoms. The van der Waals surface area contributed by atoms with Gasteiger partial charge in [0, 0.05) is 42.7 Å². The van der Waals surface area contributed by atoms with E-state index in [4.69, 9.17) is 4.74 Å². The number of hydrogen-bond donors (Lipinski definition) is 0. The number of ether oxygens (including phenoxy) is 1. The molecule has 0 N–H and O–H groups in total. The normalized spacial score (nSPS) is 21.9. The van der Waals surface area contributed by atoms with Crippen molar-refractivity contribution in [2.75, 3.05) is 31.6 Å². The Hall–Kier alpha value is -2.89. The number of benzene rings is 2. The van der Waals surface area contributed by atoms with Crippen molar-refractivity contribution in [1.82, 2.24) is 4.90 Å². The van der Waals surface area contributed by atoms with Crippen molar-refractivity contribution in [1.29, 1.82) is 0 Å². The van der Waals surface area contributed by atoms with Crippen LogP contribution in [0, 0.1) is 11.2 Å². The van der Waals surface area contributed by atoms with Crippen LogP contribution in [0.1, 0.15) is 23.2 Å². The maximum atomic E-state index is 13.2. The summed E-state index contributed by atoms with van der Waals surface area (Å²) >= 11 is 0. The van der Waals surface area contributed by atoms with E-state index in [1.54, 1.807) is 48.4 Å². The second kappa shape index (κ2) is 6.68. The number of anilines is 1. The second-order valence-corrected chi connectivity index (χ2v) is 7.34. The molecular formula is C21H21FN2O3. The van der Waals surface area contributed by atoms with E-state index in [1.807, 2.05) is 4.90 Å². The monoisotopic (exact) mass is 368 g/mol. The van der Waals surface area contributed by atoms with Crippen LogP contribution < -0.4 is 9.64 Å². The number of carbonyl (C=O) groups is 2. The number of hydrogen-bond acceptors (Lipinski definition) is 3. The van der Waals surface area contributed by atoms with Crippen molar-refractivity contribution in [3.63, 3.8) is 0 Å². The molecule has 4 rings (SSSR count). The molecule has 2 heterocycles. The molecule has 0 saturated carbocycles. The topological polar surface area (TPSA) is 49.9 Å². The van der Waals surface area contributed by atoms with Crippen LogP contribution in [-0.2, 0) is 4.79 Å². The highest BCUT2D eigenvalue weighted by atomic mass is 19.1. The third kappa shape index (κ3) is 3.27. The third-order valence-corrected chi connectivity index (χ3v) is 5.50. The maximum Gasteiger partial charge on any atom is 0.254 e. The minimum atomic E-state index is -0.323. The molecule has 2 amide bonds. The Morgan fingerprint density at radius 2 is 1.93 bits per heavy atom. The Balaban J connectivity index is 1.49. The molecule has 2 saturated heterocycles. The number of halogens is 1. The van der Waals surface area contributed by atoms with E-state index >= 15 is 0 Å². The first kappa shape index (κ1) is 17.5. The Morgan fingerprint density at radius 1 is 1.15 bits per heavy atom.